The van der Waals surface area contributed by atoms with E-state index in [1.54, 1.807) is 0 Å². The van der Waals surface area contributed by atoms with Crippen LogP contribution in [0, 0.1) is 0 Å². The van der Waals surface area contributed by atoms with E-state index in [-0.39, 0.29) is 28.5 Å². The minimum Gasteiger partial charge on any atom is -1.00 e. The second kappa shape index (κ2) is 8.41. The number of hydrogen-bond acceptors (Lipinski definition) is 1. The Morgan fingerprint density at radius 2 is 1.75 bits per heavy atom. The molecule has 0 radical (unpaired) electrons. The number of allylic oxidation sites excluding steroid dienone is 4. The molecule has 0 saturated carbocycles. The molecule has 0 fully saturated rings. The first-order valence-corrected chi connectivity index (χ1v) is 8.61. The van der Waals surface area contributed by atoms with E-state index in [0.29, 0.717) is 0 Å². The quantitative estimate of drug-likeness (QED) is 0.578. The minimum atomic E-state index is -1.73. The fraction of sp³-hybridized carbons (Fsp3) is 0.375. The predicted octanol–water partition coefficient (Wildman–Crippen LogP) is -1.94. The zero-order chi connectivity index (χ0) is 13.2. The number of benzene rings is 1. The van der Waals surface area contributed by atoms with Crippen LogP contribution in [0.5, 0.6) is 0 Å². The second-order valence-electron chi connectivity index (χ2n) is 5.65. The molecular formula is C16H21Cl2OTi. The predicted molar refractivity (Wildman–Crippen MR) is 74.5 cm³/mol. The summed E-state index contributed by atoms with van der Waals surface area (Å²) in [5.41, 5.74) is 2.83. The van der Waals surface area contributed by atoms with Gasteiger partial charge in [0.15, 0.2) is 0 Å². The van der Waals surface area contributed by atoms with Gasteiger partial charge in [0.05, 0.1) is 0 Å². The second-order valence-corrected chi connectivity index (χ2v) is 10.5. The zero-order valence-corrected chi connectivity index (χ0v) is 15.5. The Labute approximate surface area is 141 Å². The van der Waals surface area contributed by atoms with Gasteiger partial charge in [-0.2, -0.15) is 0 Å². The molecule has 0 heterocycles. The summed E-state index contributed by atoms with van der Waals surface area (Å²) in [4.78, 5) is 0. The molecule has 4 heteroatoms. The van der Waals surface area contributed by atoms with Gasteiger partial charge in [0.25, 0.3) is 0 Å². The monoisotopic (exact) mass is 347 g/mol. The molecule has 0 atom stereocenters. The molecule has 2 rings (SSSR count). The van der Waals surface area contributed by atoms with E-state index >= 15 is 0 Å². The van der Waals surface area contributed by atoms with Crippen LogP contribution in [0.4, 0.5) is 0 Å². The maximum Gasteiger partial charge on any atom is -1.00 e. The van der Waals surface area contributed by atoms with Crippen LogP contribution in [-0.2, 0) is 21.6 Å². The summed E-state index contributed by atoms with van der Waals surface area (Å²) in [7, 11) is 1.87. The van der Waals surface area contributed by atoms with Crippen molar-refractivity contribution < 1.29 is 46.4 Å². The van der Waals surface area contributed by atoms with E-state index in [9.17, 15) is 0 Å². The van der Waals surface area contributed by atoms with Crippen LogP contribution in [0.2, 0.25) is 3.72 Å². The Kier molecular flexibility index (Phi) is 8.39. The molecule has 1 nitrogen and oxygen atoms in total. The van der Waals surface area contributed by atoms with Gasteiger partial charge in [-0.1, -0.05) is 0 Å². The molecule has 0 aromatic heterocycles. The average Bonchev–Trinajstić information content (AvgIpc) is 2.82. The molecule has 1 aliphatic rings. The van der Waals surface area contributed by atoms with Gasteiger partial charge in [0.1, 0.15) is 0 Å². The summed E-state index contributed by atoms with van der Waals surface area (Å²) < 4.78 is 7.64. The Hall–Kier alpha value is -0.0457. The van der Waals surface area contributed by atoms with E-state index in [1.807, 2.05) is 7.11 Å². The summed E-state index contributed by atoms with van der Waals surface area (Å²) in [5.74, 6) is 0. The third-order valence-corrected chi connectivity index (χ3v) is 7.38. The number of rotatable bonds is 3. The van der Waals surface area contributed by atoms with Gasteiger partial charge in [0.2, 0.25) is 0 Å². The molecule has 0 spiro atoms. The SMILES string of the molecule is C[O][Ti+2]([c]1ccccc1C1=CC=CC1)[C](C)(C)C.[Cl-].[Cl-]. The van der Waals surface area contributed by atoms with Crippen molar-refractivity contribution in [2.75, 3.05) is 7.11 Å². The fourth-order valence-corrected chi connectivity index (χ4v) is 6.14. The van der Waals surface area contributed by atoms with Crippen molar-refractivity contribution in [3.05, 3.63) is 48.1 Å². The molecule has 109 valence electrons. The molecule has 1 aromatic rings. The van der Waals surface area contributed by atoms with Gasteiger partial charge in [0, 0.05) is 0 Å². The standard InChI is InChI=1S/C11H9.C4H9.CH3O.2ClH.Ti/c1-2-6-10(7-3-1)11-8-4-5-9-11;1-4(2)3;1-2;;;/h1-6,8H,9H2;1-3H3;1H3;2*1H;/q;;-1;;;+3/p-2. The first kappa shape index (κ1) is 20.0. The van der Waals surface area contributed by atoms with E-state index in [2.05, 4.69) is 63.3 Å². The van der Waals surface area contributed by atoms with Crippen molar-refractivity contribution in [1.29, 1.82) is 0 Å². The van der Waals surface area contributed by atoms with E-state index < -0.39 is 18.3 Å². The van der Waals surface area contributed by atoms with Crippen molar-refractivity contribution in [2.45, 2.75) is 30.9 Å². The molecule has 0 amide bonds. The molecule has 0 unspecified atom stereocenters. The van der Waals surface area contributed by atoms with Crippen LogP contribution >= 0.6 is 0 Å². The van der Waals surface area contributed by atoms with E-state index in [4.69, 9.17) is 3.32 Å². The van der Waals surface area contributed by atoms with Crippen LogP contribution in [0.25, 0.3) is 5.57 Å². The first-order chi connectivity index (χ1) is 8.54. The molecule has 1 aromatic carbocycles. The number of halogens is 2. The number of hydrogen-bond donors (Lipinski definition) is 0. The molecule has 0 bridgehead atoms. The van der Waals surface area contributed by atoms with Gasteiger partial charge in [-0.25, -0.2) is 0 Å². The van der Waals surface area contributed by atoms with Gasteiger partial charge >= 0.3 is 117 Å². The molecular weight excluding hydrogens is 327 g/mol. The topological polar surface area (TPSA) is 9.23 Å². The summed E-state index contributed by atoms with van der Waals surface area (Å²) >= 11 is -1.73. The summed E-state index contributed by atoms with van der Waals surface area (Å²) in [6.07, 6.45) is 7.65. The van der Waals surface area contributed by atoms with Crippen LogP contribution in [0.3, 0.4) is 0 Å². The van der Waals surface area contributed by atoms with Crippen LogP contribution in [-0.4, -0.2) is 7.11 Å². The van der Waals surface area contributed by atoms with Crippen molar-refractivity contribution in [1.82, 2.24) is 0 Å². The molecule has 0 aliphatic heterocycles. The van der Waals surface area contributed by atoms with Gasteiger partial charge < -0.3 is 24.8 Å². The van der Waals surface area contributed by atoms with Gasteiger partial charge in [-0.15, -0.1) is 0 Å². The average molecular weight is 348 g/mol. The minimum absolute atomic E-state index is 0. The first-order valence-electron chi connectivity index (χ1n) is 6.41. The van der Waals surface area contributed by atoms with Crippen LogP contribution < -0.4 is 28.7 Å². The Bertz CT molecular complexity index is 489. The Morgan fingerprint density at radius 1 is 1.10 bits per heavy atom. The van der Waals surface area contributed by atoms with Crippen molar-refractivity contribution in [2.24, 2.45) is 0 Å². The molecule has 1 aliphatic carbocycles. The fourth-order valence-electron chi connectivity index (χ4n) is 2.43. The van der Waals surface area contributed by atoms with Gasteiger partial charge in [-0.05, 0) is 0 Å². The third-order valence-electron chi connectivity index (χ3n) is 3.17. The van der Waals surface area contributed by atoms with Crippen LogP contribution in [0.1, 0.15) is 32.8 Å². The van der Waals surface area contributed by atoms with E-state index in [1.165, 1.54) is 15.0 Å². The molecule has 20 heavy (non-hydrogen) atoms. The smallest absolute Gasteiger partial charge is 1.00 e. The largest absolute Gasteiger partial charge is 1.00 e. The van der Waals surface area contributed by atoms with Crippen molar-refractivity contribution in [3.8, 4) is 0 Å². The van der Waals surface area contributed by atoms with Crippen molar-refractivity contribution in [3.63, 3.8) is 0 Å². The Balaban J connectivity index is 0.00000180. The normalized spacial score (nSPS) is 13.3. The summed E-state index contributed by atoms with van der Waals surface area (Å²) in [6, 6.07) is 8.77. The summed E-state index contributed by atoms with van der Waals surface area (Å²) in [5, 5.41) is 0. The zero-order valence-electron chi connectivity index (χ0n) is 12.4. The van der Waals surface area contributed by atoms with Crippen molar-refractivity contribution >= 4 is 9.44 Å². The van der Waals surface area contributed by atoms with E-state index in [0.717, 1.165) is 6.42 Å². The summed E-state index contributed by atoms with van der Waals surface area (Å²) in [6.45, 7) is 6.89. The maximum absolute atomic E-state index is 5.92. The maximum atomic E-state index is 5.92. The van der Waals surface area contributed by atoms with Gasteiger partial charge in [-0.3, -0.25) is 0 Å². The third kappa shape index (κ3) is 4.48. The molecule has 0 N–H and O–H groups in total. The Morgan fingerprint density at radius 3 is 2.25 bits per heavy atom. The van der Waals surface area contributed by atoms with Crippen LogP contribution in [0.15, 0.2) is 42.5 Å². The molecule has 0 saturated heterocycles.